The molecule has 1 heterocycles. The summed E-state index contributed by atoms with van der Waals surface area (Å²) in [7, 11) is 0. The maximum atomic E-state index is 14.4. The number of hydrogen-bond donors (Lipinski definition) is 0. The Kier molecular flexibility index (Phi) is 5.80. The Hall–Kier alpha value is -2.29. The number of hydrogen-bond acceptors (Lipinski definition) is 4. The molecule has 2 aromatic rings. The predicted octanol–water partition coefficient (Wildman–Crippen LogP) is 4.23. The second kappa shape index (κ2) is 7.53. The van der Waals surface area contributed by atoms with E-state index >= 15 is 0 Å². The molecule has 0 aliphatic carbocycles. The molecule has 0 saturated heterocycles. The first kappa shape index (κ1) is 20.0. The van der Waals surface area contributed by atoms with Gasteiger partial charge in [0.1, 0.15) is 11.6 Å². The summed E-state index contributed by atoms with van der Waals surface area (Å²) in [5.74, 6) is -0.886. The Balaban J connectivity index is 2.73. The summed E-state index contributed by atoms with van der Waals surface area (Å²) in [4.78, 5) is 15.6. The summed E-state index contributed by atoms with van der Waals surface area (Å²) < 4.78 is 64.1. The van der Waals surface area contributed by atoms with Crippen LogP contribution in [0.1, 0.15) is 26.5 Å². The van der Waals surface area contributed by atoms with Gasteiger partial charge in [-0.05, 0) is 26.8 Å². The van der Waals surface area contributed by atoms with Crippen LogP contribution >= 0.6 is 11.6 Å². The molecule has 5 nitrogen and oxygen atoms in total. The molecule has 0 spiro atoms. The third-order valence-corrected chi connectivity index (χ3v) is 3.35. The third kappa shape index (κ3) is 4.27. The van der Waals surface area contributed by atoms with Gasteiger partial charge in [0.15, 0.2) is 5.69 Å². The Labute approximate surface area is 151 Å². The molecular formula is C16H15ClF4N2O3. The van der Waals surface area contributed by atoms with Gasteiger partial charge in [-0.25, -0.2) is 8.96 Å². The van der Waals surface area contributed by atoms with Crippen LogP contribution in [0.4, 0.5) is 17.6 Å². The zero-order chi connectivity index (χ0) is 19.6. The van der Waals surface area contributed by atoms with E-state index in [0.29, 0.717) is 4.57 Å². The van der Waals surface area contributed by atoms with Gasteiger partial charge in [0.2, 0.25) is 0 Å². The van der Waals surface area contributed by atoms with E-state index in [-0.39, 0.29) is 35.2 Å². The highest BCUT2D eigenvalue weighted by atomic mass is 35.5. The number of halogens is 5. The predicted molar refractivity (Wildman–Crippen MR) is 86.7 cm³/mol. The van der Waals surface area contributed by atoms with Crippen LogP contribution in [-0.4, -0.2) is 22.3 Å². The van der Waals surface area contributed by atoms with E-state index < -0.39 is 29.3 Å². The molecule has 142 valence electrons. The smallest absolute Gasteiger partial charge is 0.433 e. The average molecular weight is 395 g/mol. The minimum Gasteiger partial charge on any atom is -0.489 e. The molecule has 0 N–H and O–H groups in total. The van der Waals surface area contributed by atoms with Crippen LogP contribution in [0, 0.1) is 5.82 Å². The van der Waals surface area contributed by atoms with E-state index in [1.807, 2.05) is 0 Å². The normalized spacial score (nSPS) is 11.7. The van der Waals surface area contributed by atoms with Crippen molar-refractivity contribution >= 4 is 11.6 Å². The SMILES string of the molecule is CCOc1nc(C(F)(F)F)cc(=O)n1-c1cc(OC(C)C)c(Cl)cc1F. The Bertz CT molecular complexity index is 866. The van der Waals surface area contributed by atoms with Crippen LogP contribution < -0.4 is 15.0 Å². The molecule has 0 radical (unpaired) electrons. The molecule has 0 unspecified atom stereocenters. The van der Waals surface area contributed by atoms with Gasteiger partial charge in [0.05, 0.1) is 23.4 Å². The van der Waals surface area contributed by atoms with Crippen molar-refractivity contribution in [3.63, 3.8) is 0 Å². The maximum Gasteiger partial charge on any atom is 0.433 e. The summed E-state index contributed by atoms with van der Waals surface area (Å²) in [5, 5.41) is -0.0502. The summed E-state index contributed by atoms with van der Waals surface area (Å²) in [6.07, 6.45) is -5.16. The zero-order valence-electron chi connectivity index (χ0n) is 14.0. The van der Waals surface area contributed by atoms with Crippen LogP contribution in [0.3, 0.4) is 0 Å². The number of aromatic nitrogens is 2. The lowest BCUT2D eigenvalue weighted by molar-refractivity contribution is -0.141. The lowest BCUT2D eigenvalue weighted by Crippen LogP contribution is -2.26. The molecule has 0 amide bonds. The molecule has 1 aromatic carbocycles. The van der Waals surface area contributed by atoms with Crippen molar-refractivity contribution in [2.45, 2.75) is 33.1 Å². The maximum absolute atomic E-state index is 14.4. The lowest BCUT2D eigenvalue weighted by Gasteiger charge is -2.17. The van der Waals surface area contributed by atoms with E-state index in [0.717, 1.165) is 12.1 Å². The fraction of sp³-hybridized carbons (Fsp3) is 0.375. The highest BCUT2D eigenvalue weighted by Gasteiger charge is 2.35. The first-order valence-corrected chi connectivity index (χ1v) is 7.92. The first-order valence-electron chi connectivity index (χ1n) is 7.54. The number of ether oxygens (including phenoxy) is 2. The topological polar surface area (TPSA) is 53.3 Å². The molecule has 0 fully saturated rings. The van der Waals surface area contributed by atoms with Crippen molar-refractivity contribution < 1.29 is 27.0 Å². The summed E-state index contributed by atoms with van der Waals surface area (Å²) in [6.45, 7) is 4.81. The quantitative estimate of drug-likeness (QED) is 0.712. The lowest BCUT2D eigenvalue weighted by atomic mass is 10.2. The van der Waals surface area contributed by atoms with Crippen molar-refractivity contribution in [3.8, 4) is 17.4 Å². The third-order valence-electron chi connectivity index (χ3n) is 3.06. The molecule has 0 bridgehead atoms. The van der Waals surface area contributed by atoms with Crippen LogP contribution in [0.25, 0.3) is 5.69 Å². The van der Waals surface area contributed by atoms with E-state index in [1.54, 1.807) is 13.8 Å². The molecule has 10 heteroatoms. The van der Waals surface area contributed by atoms with Gasteiger partial charge in [0, 0.05) is 12.1 Å². The minimum absolute atomic E-state index is 0.0502. The van der Waals surface area contributed by atoms with Gasteiger partial charge >= 0.3 is 12.2 Å². The Morgan fingerprint density at radius 3 is 2.46 bits per heavy atom. The fourth-order valence-electron chi connectivity index (χ4n) is 2.09. The second-order valence-corrected chi connectivity index (χ2v) is 5.84. The second-order valence-electron chi connectivity index (χ2n) is 5.43. The van der Waals surface area contributed by atoms with E-state index in [9.17, 15) is 22.4 Å². The van der Waals surface area contributed by atoms with Gasteiger partial charge < -0.3 is 9.47 Å². The van der Waals surface area contributed by atoms with E-state index in [1.165, 1.54) is 6.92 Å². The number of benzene rings is 1. The highest BCUT2D eigenvalue weighted by Crippen LogP contribution is 2.32. The first-order chi connectivity index (χ1) is 12.0. The molecule has 0 aliphatic rings. The average Bonchev–Trinajstić information content (AvgIpc) is 2.49. The monoisotopic (exact) mass is 394 g/mol. The Morgan fingerprint density at radius 2 is 1.92 bits per heavy atom. The van der Waals surface area contributed by atoms with Gasteiger partial charge in [0.25, 0.3) is 5.56 Å². The van der Waals surface area contributed by atoms with Crippen molar-refractivity contribution in [3.05, 3.63) is 45.1 Å². The highest BCUT2D eigenvalue weighted by molar-refractivity contribution is 6.32. The summed E-state index contributed by atoms with van der Waals surface area (Å²) in [6, 6.07) is 1.58. The van der Waals surface area contributed by atoms with Crippen molar-refractivity contribution in [2.75, 3.05) is 6.61 Å². The molecule has 0 aliphatic heterocycles. The number of nitrogens with zero attached hydrogens (tertiary/aromatic N) is 2. The molecule has 2 rings (SSSR count). The van der Waals surface area contributed by atoms with Crippen LogP contribution in [0.2, 0.25) is 5.02 Å². The largest absolute Gasteiger partial charge is 0.489 e. The van der Waals surface area contributed by atoms with Crippen molar-refractivity contribution in [2.24, 2.45) is 0 Å². The molecule has 26 heavy (non-hydrogen) atoms. The zero-order valence-corrected chi connectivity index (χ0v) is 14.8. The van der Waals surface area contributed by atoms with Crippen molar-refractivity contribution in [1.29, 1.82) is 0 Å². The number of rotatable bonds is 5. The van der Waals surface area contributed by atoms with Gasteiger partial charge in [-0.1, -0.05) is 11.6 Å². The molecular weight excluding hydrogens is 380 g/mol. The van der Waals surface area contributed by atoms with E-state index in [2.05, 4.69) is 4.98 Å². The minimum atomic E-state index is -4.85. The van der Waals surface area contributed by atoms with Crippen LogP contribution in [0.5, 0.6) is 11.8 Å². The molecule has 0 saturated carbocycles. The van der Waals surface area contributed by atoms with Crippen LogP contribution in [0.15, 0.2) is 23.0 Å². The van der Waals surface area contributed by atoms with E-state index in [4.69, 9.17) is 21.1 Å². The van der Waals surface area contributed by atoms with Gasteiger partial charge in [-0.15, -0.1) is 0 Å². The van der Waals surface area contributed by atoms with Crippen LogP contribution in [-0.2, 0) is 6.18 Å². The standard InChI is InChI=1S/C16H15ClF4N2O3/c1-4-25-15-22-13(16(19,20)21)7-14(24)23(15)11-6-12(26-8(2)3)9(17)5-10(11)18/h5-8H,4H2,1-3H3. The summed E-state index contributed by atoms with van der Waals surface area (Å²) in [5.41, 5.74) is -2.98. The van der Waals surface area contributed by atoms with Gasteiger partial charge in [-0.3, -0.25) is 4.79 Å². The molecule has 1 aromatic heterocycles. The molecule has 0 atom stereocenters. The number of alkyl halides is 3. The fourth-order valence-corrected chi connectivity index (χ4v) is 2.28. The Morgan fingerprint density at radius 1 is 1.27 bits per heavy atom. The summed E-state index contributed by atoms with van der Waals surface area (Å²) >= 11 is 5.91. The van der Waals surface area contributed by atoms with Crippen molar-refractivity contribution in [1.82, 2.24) is 9.55 Å². The van der Waals surface area contributed by atoms with Gasteiger partial charge in [-0.2, -0.15) is 18.2 Å².